The second-order valence-corrected chi connectivity index (χ2v) is 11.9. The molecule has 2 heterocycles. The predicted molar refractivity (Wildman–Crippen MR) is 169 cm³/mol. The Morgan fingerprint density at radius 3 is 1.19 bits per heavy atom. The normalized spacial score (nSPS) is 16.4. The Labute approximate surface area is 250 Å². The van der Waals surface area contributed by atoms with Gasteiger partial charge < -0.3 is 9.80 Å². The van der Waals surface area contributed by atoms with Crippen LogP contribution < -0.4 is 0 Å². The number of benzene rings is 4. The standard InChI is InChI=1S/C38H40N2O2/c41-37(39-23-19-31(20-24-39)27-29-11-3-1-4-12-29)35-17-9-7-15-33(35)34-16-8-10-18-36(34)38(42)40-25-21-32(22-26-40)28-30-13-5-2-6-14-30/h1-18,31-32H,19-28H2. The highest BCUT2D eigenvalue weighted by molar-refractivity contribution is 6.06. The minimum Gasteiger partial charge on any atom is -0.339 e. The second-order valence-electron chi connectivity index (χ2n) is 11.9. The lowest BCUT2D eigenvalue weighted by molar-refractivity contribution is 0.0681. The van der Waals surface area contributed by atoms with Crippen molar-refractivity contribution in [2.45, 2.75) is 38.5 Å². The van der Waals surface area contributed by atoms with Gasteiger partial charge in [0.05, 0.1) is 0 Å². The van der Waals surface area contributed by atoms with E-state index in [1.807, 2.05) is 58.3 Å². The first kappa shape index (κ1) is 28.0. The van der Waals surface area contributed by atoms with Gasteiger partial charge in [-0.2, -0.15) is 0 Å². The van der Waals surface area contributed by atoms with Crippen molar-refractivity contribution >= 4 is 11.8 Å². The van der Waals surface area contributed by atoms with Gasteiger partial charge in [-0.05, 0) is 84.7 Å². The number of likely N-dealkylation sites (tertiary alicyclic amines) is 2. The van der Waals surface area contributed by atoms with E-state index >= 15 is 0 Å². The van der Waals surface area contributed by atoms with Gasteiger partial charge in [0, 0.05) is 37.3 Å². The summed E-state index contributed by atoms with van der Waals surface area (Å²) in [6, 6.07) is 36.9. The Bertz CT molecular complexity index is 1370. The topological polar surface area (TPSA) is 40.6 Å². The first-order valence-corrected chi connectivity index (χ1v) is 15.5. The second kappa shape index (κ2) is 13.2. The predicted octanol–water partition coefficient (Wildman–Crippen LogP) is 7.54. The molecule has 4 heteroatoms. The molecule has 0 N–H and O–H groups in total. The lowest BCUT2D eigenvalue weighted by Gasteiger charge is -2.33. The number of hydrogen-bond acceptors (Lipinski definition) is 2. The SMILES string of the molecule is O=C(c1ccccc1-c1ccccc1C(=O)N1CCC(Cc2ccccc2)CC1)N1CCC(Cc2ccccc2)CC1. The lowest BCUT2D eigenvalue weighted by Crippen LogP contribution is -2.39. The third-order valence-corrected chi connectivity index (χ3v) is 9.14. The van der Waals surface area contributed by atoms with Crippen LogP contribution in [0.15, 0.2) is 109 Å². The molecule has 0 bridgehead atoms. The van der Waals surface area contributed by atoms with Crippen molar-refractivity contribution in [3.05, 3.63) is 131 Å². The molecular formula is C38H40N2O2. The Morgan fingerprint density at radius 1 is 0.476 bits per heavy atom. The van der Waals surface area contributed by atoms with E-state index in [2.05, 4.69) is 60.7 Å². The Morgan fingerprint density at radius 2 is 0.810 bits per heavy atom. The molecule has 2 saturated heterocycles. The summed E-state index contributed by atoms with van der Waals surface area (Å²) >= 11 is 0. The van der Waals surface area contributed by atoms with Crippen LogP contribution >= 0.6 is 0 Å². The Kier molecular flexibility index (Phi) is 8.79. The molecule has 4 aromatic rings. The Balaban J connectivity index is 1.13. The van der Waals surface area contributed by atoms with Crippen LogP contribution in [-0.2, 0) is 12.8 Å². The number of piperidine rings is 2. The first-order valence-electron chi connectivity index (χ1n) is 15.5. The maximum Gasteiger partial charge on any atom is 0.254 e. The van der Waals surface area contributed by atoms with Crippen molar-refractivity contribution in [3.8, 4) is 11.1 Å². The fourth-order valence-electron chi connectivity index (χ4n) is 6.72. The summed E-state index contributed by atoms with van der Waals surface area (Å²) in [5.41, 5.74) is 5.79. The molecule has 2 fully saturated rings. The summed E-state index contributed by atoms with van der Waals surface area (Å²) in [7, 11) is 0. The van der Waals surface area contributed by atoms with Crippen molar-refractivity contribution in [2.24, 2.45) is 11.8 Å². The van der Waals surface area contributed by atoms with E-state index in [1.165, 1.54) is 11.1 Å². The van der Waals surface area contributed by atoms with Gasteiger partial charge in [-0.25, -0.2) is 0 Å². The van der Waals surface area contributed by atoms with Gasteiger partial charge in [0.25, 0.3) is 11.8 Å². The highest BCUT2D eigenvalue weighted by Gasteiger charge is 2.28. The van der Waals surface area contributed by atoms with Crippen molar-refractivity contribution in [1.82, 2.24) is 9.80 Å². The molecule has 0 radical (unpaired) electrons. The number of nitrogens with zero attached hydrogens (tertiary/aromatic N) is 2. The van der Waals surface area contributed by atoms with Crippen LogP contribution in [0.4, 0.5) is 0 Å². The smallest absolute Gasteiger partial charge is 0.254 e. The van der Waals surface area contributed by atoms with Crippen molar-refractivity contribution in [3.63, 3.8) is 0 Å². The molecule has 0 spiro atoms. The van der Waals surface area contributed by atoms with Crippen LogP contribution in [0.5, 0.6) is 0 Å². The molecule has 214 valence electrons. The third-order valence-electron chi connectivity index (χ3n) is 9.14. The van der Waals surface area contributed by atoms with E-state index < -0.39 is 0 Å². The molecule has 0 aromatic heterocycles. The van der Waals surface area contributed by atoms with Crippen molar-refractivity contribution in [2.75, 3.05) is 26.2 Å². The molecule has 0 aliphatic carbocycles. The minimum atomic E-state index is 0.0627. The molecule has 4 aromatic carbocycles. The summed E-state index contributed by atoms with van der Waals surface area (Å²) < 4.78 is 0. The first-order chi connectivity index (χ1) is 20.7. The number of carbonyl (C=O) groups excluding carboxylic acids is 2. The fraction of sp³-hybridized carbons (Fsp3) is 0.316. The summed E-state index contributed by atoms with van der Waals surface area (Å²) in [6.45, 7) is 3.07. The molecule has 2 aliphatic heterocycles. The third kappa shape index (κ3) is 6.49. The average Bonchev–Trinajstić information content (AvgIpc) is 3.06. The highest BCUT2D eigenvalue weighted by Crippen LogP contribution is 2.32. The summed E-state index contributed by atoms with van der Waals surface area (Å²) in [6.07, 6.45) is 6.18. The molecule has 6 rings (SSSR count). The van der Waals surface area contributed by atoms with Crippen LogP contribution in [0.2, 0.25) is 0 Å². The van der Waals surface area contributed by atoms with Gasteiger partial charge >= 0.3 is 0 Å². The van der Waals surface area contributed by atoms with Gasteiger partial charge in [0.1, 0.15) is 0 Å². The largest absolute Gasteiger partial charge is 0.339 e. The van der Waals surface area contributed by atoms with Crippen molar-refractivity contribution in [1.29, 1.82) is 0 Å². The van der Waals surface area contributed by atoms with E-state index in [9.17, 15) is 9.59 Å². The van der Waals surface area contributed by atoms with Crippen LogP contribution in [-0.4, -0.2) is 47.8 Å². The highest BCUT2D eigenvalue weighted by atomic mass is 16.2. The number of carbonyl (C=O) groups is 2. The monoisotopic (exact) mass is 556 g/mol. The summed E-state index contributed by atoms with van der Waals surface area (Å²) in [5.74, 6) is 1.32. The molecule has 4 nitrogen and oxygen atoms in total. The molecule has 0 unspecified atom stereocenters. The number of amides is 2. The van der Waals surface area contributed by atoms with E-state index in [0.29, 0.717) is 23.0 Å². The van der Waals surface area contributed by atoms with E-state index in [4.69, 9.17) is 0 Å². The minimum absolute atomic E-state index is 0.0627. The Hall–Kier alpha value is -4.18. The maximum atomic E-state index is 13.9. The van der Waals surface area contributed by atoms with E-state index in [0.717, 1.165) is 75.8 Å². The van der Waals surface area contributed by atoms with E-state index in [-0.39, 0.29) is 11.8 Å². The van der Waals surface area contributed by atoms with Gasteiger partial charge in [-0.15, -0.1) is 0 Å². The molecule has 0 atom stereocenters. The number of rotatable bonds is 7. The van der Waals surface area contributed by atoms with Crippen LogP contribution in [0.1, 0.15) is 57.5 Å². The molecule has 0 saturated carbocycles. The van der Waals surface area contributed by atoms with Crippen LogP contribution in [0.3, 0.4) is 0 Å². The van der Waals surface area contributed by atoms with Gasteiger partial charge in [-0.1, -0.05) is 97.1 Å². The molecule has 42 heavy (non-hydrogen) atoms. The average molecular weight is 557 g/mol. The van der Waals surface area contributed by atoms with Crippen molar-refractivity contribution < 1.29 is 9.59 Å². The quantitative estimate of drug-likeness (QED) is 0.236. The van der Waals surface area contributed by atoms with Crippen LogP contribution in [0, 0.1) is 11.8 Å². The summed E-state index contributed by atoms with van der Waals surface area (Å²) in [5, 5.41) is 0. The number of hydrogen-bond donors (Lipinski definition) is 0. The molecule has 2 amide bonds. The van der Waals surface area contributed by atoms with E-state index in [1.54, 1.807) is 0 Å². The molecular weight excluding hydrogens is 516 g/mol. The summed E-state index contributed by atoms with van der Waals surface area (Å²) in [4.78, 5) is 31.7. The van der Waals surface area contributed by atoms with Gasteiger partial charge in [0.2, 0.25) is 0 Å². The zero-order valence-electron chi connectivity index (χ0n) is 24.3. The zero-order chi connectivity index (χ0) is 28.7. The van der Waals surface area contributed by atoms with Gasteiger partial charge in [-0.3, -0.25) is 9.59 Å². The fourth-order valence-corrected chi connectivity index (χ4v) is 6.72. The van der Waals surface area contributed by atoms with Gasteiger partial charge in [0.15, 0.2) is 0 Å². The van der Waals surface area contributed by atoms with Crippen LogP contribution in [0.25, 0.3) is 11.1 Å². The maximum absolute atomic E-state index is 13.9. The molecule has 2 aliphatic rings. The zero-order valence-corrected chi connectivity index (χ0v) is 24.3. The lowest BCUT2D eigenvalue weighted by atomic mass is 9.88.